The molecule has 0 aromatic carbocycles. The van der Waals surface area contributed by atoms with Gasteiger partial charge in [-0.15, -0.1) is 11.3 Å². The first-order chi connectivity index (χ1) is 8.18. The molecule has 2 aromatic rings. The molecule has 4 heteroatoms. The third-order valence-corrected chi connectivity index (χ3v) is 3.64. The summed E-state index contributed by atoms with van der Waals surface area (Å²) in [7, 11) is 4.01. The topological polar surface area (TPSA) is 28.2 Å². The van der Waals surface area contributed by atoms with Gasteiger partial charge in [0.25, 0.3) is 0 Å². The Bertz CT molecular complexity index is 491. The molecular weight excluding hydrogens is 230 g/mol. The van der Waals surface area contributed by atoms with Gasteiger partial charge in [0.1, 0.15) is 0 Å². The van der Waals surface area contributed by atoms with Crippen molar-refractivity contribution in [2.45, 2.75) is 13.5 Å². The van der Waals surface area contributed by atoms with Crippen LogP contribution in [0.5, 0.6) is 0 Å². The number of nitrogens with zero attached hydrogens (tertiary/aromatic N) is 2. The van der Waals surface area contributed by atoms with Crippen LogP contribution in [0.3, 0.4) is 0 Å². The highest BCUT2D eigenvalue weighted by Gasteiger charge is 2.05. The second-order valence-corrected chi connectivity index (χ2v) is 5.15. The van der Waals surface area contributed by atoms with E-state index in [1.165, 1.54) is 10.4 Å². The lowest BCUT2D eigenvalue weighted by Crippen LogP contribution is -2.13. The van der Waals surface area contributed by atoms with E-state index in [2.05, 4.69) is 34.7 Å². The predicted octanol–water partition coefficient (Wildman–Crippen LogP) is 3.13. The highest BCUT2D eigenvalue weighted by Crippen LogP contribution is 2.23. The van der Waals surface area contributed by atoms with E-state index in [-0.39, 0.29) is 0 Å². The molecule has 2 aromatic heterocycles. The van der Waals surface area contributed by atoms with Gasteiger partial charge < -0.3 is 10.2 Å². The van der Waals surface area contributed by atoms with Gasteiger partial charge in [-0.25, -0.2) is 4.98 Å². The van der Waals surface area contributed by atoms with E-state index in [0.29, 0.717) is 0 Å². The van der Waals surface area contributed by atoms with Gasteiger partial charge >= 0.3 is 0 Å². The lowest BCUT2D eigenvalue weighted by atomic mass is 10.3. The number of thiophene rings is 1. The van der Waals surface area contributed by atoms with Crippen molar-refractivity contribution in [3.8, 4) is 0 Å². The van der Waals surface area contributed by atoms with Crippen molar-refractivity contribution in [1.82, 2.24) is 4.98 Å². The normalized spacial score (nSPS) is 10.3. The summed E-state index contributed by atoms with van der Waals surface area (Å²) in [6.07, 6.45) is 1.82. The smallest absolute Gasteiger partial charge is 0.151 e. The van der Waals surface area contributed by atoms with Gasteiger partial charge in [-0.05, 0) is 36.1 Å². The average Bonchev–Trinajstić information content (AvgIpc) is 2.72. The molecule has 90 valence electrons. The lowest BCUT2D eigenvalue weighted by Gasteiger charge is -2.16. The second kappa shape index (κ2) is 5.19. The zero-order chi connectivity index (χ0) is 12.3. The molecule has 0 spiro atoms. The van der Waals surface area contributed by atoms with Gasteiger partial charge in [-0.3, -0.25) is 0 Å². The molecular formula is C13H17N3S. The van der Waals surface area contributed by atoms with Gasteiger partial charge in [-0.2, -0.15) is 0 Å². The third-order valence-electron chi connectivity index (χ3n) is 2.62. The summed E-state index contributed by atoms with van der Waals surface area (Å²) >= 11 is 1.79. The Kier molecular flexibility index (Phi) is 3.64. The number of pyridine rings is 1. The van der Waals surface area contributed by atoms with E-state index >= 15 is 0 Å². The predicted molar refractivity (Wildman–Crippen MR) is 74.9 cm³/mol. The van der Waals surface area contributed by atoms with Crippen LogP contribution in [0, 0.1) is 6.92 Å². The summed E-state index contributed by atoms with van der Waals surface area (Å²) in [4.78, 5) is 7.76. The molecule has 0 aliphatic rings. The minimum Gasteiger partial charge on any atom is -0.377 e. The standard InChI is InChI=1S/C13H17N3S/c1-10-6-8-17-12(10)9-15-11-5-4-7-14-13(11)16(2)3/h4-8,15H,9H2,1-3H3. The van der Waals surface area contributed by atoms with Crippen LogP contribution in [-0.2, 0) is 6.54 Å². The summed E-state index contributed by atoms with van der Waals surface area (Å²) in [6, 6.07) is 6.17. The summed E-state index contributed by atoms with van der Waals surface area (Å²) in [5.41, 5.74) is 2.42. The van der Waals surface area contributed by atoms with Crippen LogP contribution < -0.4 is 10.2 Å². The van der Waals surface area contributed by atoms with Crippen LogP contribution in [-0.4, -0.2) is 19.1 Å². The van der Waals surface area contributed by atoms with Crippen molar-refractivity contribution in [2.75, 3.05) is 24.3 Å². The van der Waals surface area contributed by atoms with E-state index in [0.717, 1.165) is 18.1 Å². The van der Waals surface area contributed by atoms with E-state index in [9.17, 15) is 0 Å². The molecule has 0 fully saturated rings. The summed E-state index contributed by atoms with van der Waals surface area (Å²) in [6.45, 7) is 3.00. The molecule has 1 N–H and O–H groups in total. The van der Waals surface area contributed by atoms with Gasteiger partial charge in [0.05, 0.1) is 5.69 Å². The van der Waals surface area contributed by atoms with Crippen molar-refractivity contribution in [1.29, 1.82) is 0 Å². The number of hydrogen-bond acceptors (Lipinski definition) is 4. The van der Waals surface area contributed by atoms with Gasteiger partial charge in [0.2, 0.25) is 0 Å². The van der Waals surface area contributed by atoms with Crippen LogP contribution in [0.25, 0.3) is 0 Å². The molecule has 0 saturated carbocycles. The Morgan fingerprint density at radius 2 is 2.18 bits per heavy atom. The SMILES string of the molecule is Cc1ccsc1CNc1cccnc1N(C)C. The zero-order valence-electron chi connectivity index (χ0n) is 10.4. The van der Waals surface area contributed by atoms with Crippen LogP contribution in [0.1, 0.15) is 10.4 Å². The van der Waals surface area contributed by atoms with Crippen molar-refractivity contribution in [3.63, 3.8) is 0 Å². The number of hydrogen-bond donors (Lipinski definition) is 1. The van der Waals surface area contributed by atoms with Gasteiger partial charge in [0, 0.05) is 31.7 Å². The van der Waals surface area contributed by atoms with Crippen LogP contribution in [0.4, 0.5) is 11.5 Å². The monoisotopic (exact) mass is 247 g/mol. The largest absolute Gasteiger partial charge is 0.377 e. The highest BCUT2D eigenvalue weighted by atomic mass is 32.1. The Morgan fingerprint density at radius 1 is 1.35 bits per heavy atom. The number of anilines is 2. The zero-order valence-corrected chi connectivity index (χ0v) is 11.2. The molecule has 0 atom stereocenters. The van der Waals surface area contributed by atoms with Crippen molar-refractivity contribution in [3.05, 3.63) is 40.2 Å². The fraction of sp³-hybridized carbons (Fsp3) is 0.308. The summed E-state index contributed by atoms with van der Waals surface area (Å²) in [5.74, 6) is 0.974. The van der Waals surface area contributed by atoms with Crippen LogP contribution in [0.15, 0.2) is 29.8 Å². The van der Waals surface area contributed by atoms with E-state index in [1.807, 2.05) is 31.3 Å². The fourth-order valence-corrected chi connectivity index (χ4v) is 2.50. The molecule has 3 nitrogen and oxygen atoms in total. The third kappa shape index (κ3) is 2.77. The molecule has 17 heavy (non-hydrogen) atoms. The van der Waals surface area contributed by atoms with Crippen molar-refractivity contribution in [2.24, 2.45) is 0 Å². The maximum Gasteiger partial charge on any atom is 0.151 e. The molecule has 0 bridgehead atoms. The number of nitrogens with one attached hydrogen (secondary N) is 1. The Balaban J connectivity index is 2.11. The minimum atomic E-state index is 0.857. The molecule has 0 radical (unpaired) electrons. The lowest BCUT2D eigenvalue weighted by molar-refractivity contribution is 1.05. The van der Waals surface area contributed by atoms with E-state index < -0.39 is 0 Å². The highest BCUT2D eigenvalue weighted by molar-refractivity contribution is 7.10. The Hall–Kier alpha value is -1.55. The Labute approximate surface area is 106 Å². The fourth-order valence-electron chi connectivity index (χ4n) is 1.65. The van der Waals surface area contributed by atoms with Crippen LogP contribution >= 0.6 is 11.3 Å². The van der Waals surface area contributed by atoms with Crippen molar-refractivity contribution >= 4 is 22.8 Å². The number of aromatic nitrogens is 1. The quantitative estimate of drug-likeness (QED) is 0.899. The number of aryl methyl sites for hydroxylation is 1. The summed E-state index contributed by atoms with van der Waals surface area (Å²) in [5, 5.41) is 5.57. The van der Waals surface area contributed by atoms with Gasteiger partial charge in [-0.1, -0.05) is 0 Å². The molecule has 0 amide bonds. The first-order valence-electron chi connectivity index (χ1n) is 5.57. The van der Waals surface area contributed by atoms with Gasteiger partial charge in [0.15, 0.2) is 5.82 Å². The van der Waals surface area contributed by atoms with Crippen molar-refractivity contribution < 1.29 is 0 Å². The maximum absolute atomic E-state index is 4.37. The molecule has 0 saturated heterocycles. The number of rotatable bonds is 4. The summed E-state index contributed by atoms with van der Waals surface area (Å²) < 4.78 is 0. The molecule has 2 rings (SSSR count). The molecule has 0 unspecified atom stereocenters. The Morgan fingerprint density at radius 3 is 2.82 bits per heavy atom. The molecule has 2 heterocycles. The second-order valence-electron chi connectivity index (χ2n) is 4.15. The van der Waals surface area contributed by atoms with E-state index in [4.69, 9.17) is 0 Å². The first kappa shape index (κ1) is 11.9. The minimum absolute atomic E-state index is 0.857. The molecule has 0 aliphatic heterocycles. The van der Waals surface area contributed by atoms with E-state index in [1.54, 1.807) is 11.3 Å². The maximum atomic E-state index is 4.37. The van der Waals surface area contributed by atoms with Crippen LogP contribution in [0.2, 0.25) is 0 Å². The average molecular weight is 247 g/mol. The molecule has 0 aliphatic carbocycles. The first-order valence-corrected chi connectivity index (χ1v) is 6.45.